The van der Waals surface area contributed by atoms with E-state index in [1.165, 1.54) is 16.9 Å². The lowest BCUT2D eigenvalue weighted by atomic mass is 9.90. The van der Waals surface area contributed by atoms with Gasteiger partial charge >= 0.3 is 0 Å². The molecule has 3 rings (SSSR count). The predicted octanol–water partition coefficient (Wildman–Crippen LogP) is 3.58. The van der Waals surface area contributed by atoms with E-state index in [0.717, 1.165) is 40.6 Å². The maximum atomic E-state index is 12.2. The van der Waals surface area contributed by atoms with E-state index in [2.05, 4.69) is 22.4 Å². The summed E-state index contributed by atoms with van der Waals surface area (Å²) in [5, 5.41) is 4.08. The van der Waals surface area contributed by atoms with Crippen molar-refractivity contribution in [3.05, 3.63) is 44.4 Å². The van der Waals surface area contributed by atoms with Crippen molar-refractivity contribution in [2.75, 3.05) is 0 Å². The Morgan fingerprint density at radius 1 is 1.45 bits per heavy atom. The topological polar surface area (TPSA) is 57.2 Å². The van der Waals surface area contributed by atoms with Gasteiger partial charge < -0.3 is 4.98 Å². The van der Waals surface area contributed by atoms with Crippen LogP contribution in [0.3, 0.4) is 0 Å². The number of nitrogens with zero attached hydrogens (tertiary/aromatic N) is 1. The molecule has 0 saturated heterocycles. The zero-order chi connectivity index (χ0) is 15.7. The zero-order valence-electron chi connectivity index (χ0n) is 13.2. The van der Waals surface area contributed by atoms with Gasteiger partial charge in [-0.3, -0.25) is 4.79 Å². The Morgan fingerprint density at radius 3 is 3.00 bits per heavy atom. The highest BCUT2D eigenvalue weighted by Crippen LogP contribution is 2.32. The number of nitrogens with one attached hydrogen (secondary N) is 2. The number of aromatic nitrogens is 1. The highest BCUT2D eigenvalue weighted by molar-refractivity contribution is 7.14. The van der Waals surface area contributed by atoms with Gasteiger partial charge in [-0.2, -0.15) is 5.10 Å². The molecular formula is C17H21N3OS. The van der Waals surface area contributed by atoms with Crippen LogP contribution in [0.15, 0.2) is 17.2 Å². The number of thiophene rings is 1. The minimum absolute atomic E-state index is 0.117. The molecule has 22 heavy (non-hydrogen) atoms. The maximum absolute atomic E-state index is 12.2. The van der Waals surface area contributed by atoms with E-state index < -0.39 is 0 Å². The van der Waals surface area contributed by atoms with Crippen LogP contribution in [-0.2, 0) is 12.8 Å². The Labute approximate surface area is 134 Å². The third-order valence-corrected chi connectivity index (χ3v) is 5.35. The fourth-order valence-electron chi connectivity index (χ4n) is 2.91. The molecule has 5 heteroatoms. The summed E-state index contributed by atoms with van der Waals surface area (Å²) in [6, 6.07) is 4.04. The lowest BCUT2D eigenvalue weighted by Gasteiger charge is -2.16. The molecule has 0 unspecified atom stereocenters. The first-order valence-electron chi connectivity index (χ1n) is 7.64. The molecule has 2 aromatic rings. The van der Waals surface area contributed by atoms with Crippen molar-refractivity contribution in [3.63, 3.8) is 0 Å². The number of hydrogen-bond acceptors (Lipinski definition) is 3. The van der Waals surface area contributed by atoms with Gasteiger partial charge in [-0.05, 0) is 56.7 Å². The van der Waals surface area contributed by atoms with Crippen molar-refractivity contribution in [2.24, 2.45) is 11.0 Å². The van der Waals surface area contributed by atoms with Crippen LogP contribution in [-0.4, -0.2) is 17.1 Å². The minimum Gasteiger partial charge on any atom is -0.362 e. The van der Waals surface area contributed by atoms with Crippen molar-refractivity contribution in [1.29, 1.82) is 0 Å². The molecular weight excluding hydrogens is 294 g/mol. The summed E-state index contributed by atoms with van der Waals surface area (Å²) in [7, 11) is 0. The van der Waals surface area contributed by atoms with Gasteiger partial charge in [-0.15, -0.1) is 11.3 Å². The lowest BCUT2D eigenvalue weighted by Crippen LogP contribution is -2.16. The van der Waals surface area contributed by atoms with Crippen LogP contribution in [0.2, 0.25) is 0 Å². The molecule has 0 aromatic carbocycles. The van der Waals surface area contributed by atoms with Gasteiger partial charge in [0.15, 0.2) is 0 Å². The first kappa shape index (κ1) is 15.0. The lowest BCUT2D eigenvalue weighted by molar-refractivity contribution is 0.0959. The first-order valence-corrected chi connectivity index (χ1v) is 8.46. The molecule has 1 aliphatic carbocycles. The van der Waals surface area contributed by atoms with E-state index in [-0.39, 0.29) is 5.91 Å². The number of rotatable bonds is 3. The largest absolute Gasteiger partial charge is 0.362 e. The quantitative estimate of drug-likeness (QED) is 0.660. The molecule has 0 fully saturated rings. The van der Waals surface area contributed by atoms with Gasteiger partial charge in [0.1, 0.15) is 0 Å². The number of aromatic amines is 1. The summed E-state index contributed by atoms with van der Waals surface area (Å²) in [6.07, 6.45) is 5.09. The number of hydrazone groups is 1. The van der Waals surface area contributed by atoms with Gasteiger partial charge in [0.25, 0.3) is 5.91 Å². The number of aryl methyl sites for hydroxylation is 3. The number of carbonyl (C=O) groups is 1. The second-order valence-electron chi connectivity index (χ2n) is 6.14. The molecule has 2 N–H and O–H groups in total. The highest BCUT2D eigenvalue weighted by Gasteiger charge is 2.20. The van der Waals surface area contributed by atoms with Crippen LogP contribution in [0, 0.1) is 19.8 Å². The Bertz CT molecular complexity index is 726. The normalized spacial score (nSPS) is 17.7. The van der Waals surface area contributed by atoms with Crippen molar-refractivity contribution in [3.8, 4) is 0 Å². The van der Waals surface area contributed by atoms with Gasteiger partial charge in [-0.25, -0.2) is 5.43 Å². The number of amides is 1. The van der Waals surface area contributed by atoms with Crippen molar-refractivity contribution in [2.45, 2.75) is 40.0 Å². The molecule has 1 aliphatic rings. The highest BCUT2D eigenvalue weighted by atomic mass is 32.1. The van der Waals surface area contributed by atoms with Gasteiger partial charge in [0.05, 0.1) is 11.1 Å². The van der Waals surface area contributed by atoms with E-state index in [1.54, 1.807) is 17.6 Å². The monoisotopic (exact) mass is 315 g/mol. The van der Waals surface area contributed by atoms with E-state index in [0.29, 0.717) is 0 Å². The first-order chi connectivity index (χ1) is 10.5. The SMILES string of the molecule is Cc1cc(/C=N/NC(=O)c2cc3c(s2)CC[C@H](C)C3)c(C)[nH]1. The van der Waals surface area contributed by atoms with Crippen LogP contribution in [0.1, 0.15) is 50.4 Å². The number of carbonyl (C=O) groups excluding carboxylic acids is 1. The second kappa shape index (κ2) is 6.08. The van der Waals surface area contributed by atoms with Crippen LogP contribution >= 0.6 is 11.3 Å². The van der Waals surface area contributed by atoms with E-state index in [1.807, 2.05) is 26.0 Å². The molecule has 2 heterocycles. The summed E-state index contributed by atoms with van der Waals surface area (Å²) in [5.41, 5.74) is 7.11. The maximum Gasteiger partial charge on any atom is 0.281 e. The van der Waals surface area contributed by atoms with Crippen LogP contribution in [0.25, 0.3) is 0 Å². The predicted molar refractivity (Wildman–Crippen MR) is 90.8 cm³/mol. The molecule has 1 amide bonds. The fraction of sp³-hybridized carbons (Fsp3) is 0.412. The molecule has 0 radical (unpaired) electrons. The van der Waals surface area contributed by atoms with E-state index >= 15 is 0 Å². The average molecular weight is 315 g/mol. The Morgan fingerprint density at radius 2 is 2.27 bits per heavy atom. The smallest absolute Gasteiger partial charge is 0.281 e. The van der Waals surface area contributed by atoms with Gasteiger partial charge in [-0.1, -0.05) is 6.92 Å². The Hall–Kier alpha value is -1.88. The third kappa shape index (κ3) is 3.14. The minimum atomic E-state index is -0.117. The molecule has 1 atom stereocenters. The standard InChI is InChI=1S/C17H21N3OS/c1-10-4-5-15-13(6-10)8-16(22-15)17(21)20-18-9-14-7-11(2)19-12(14)3/h7-10,19H,4-6H2,1-3H3,(H,20,21)/b18-9+/t10-/m0/s1. The fourth-order valence-corrected chi connectivity index (χ4v) is 4.01. The molecule has 0 saturated carbocycles. The summed E-state index contributed by atoms with van der Waals surface area (Å²) in [5.74, 6) is 0.601. The Balaban J connectivity index is 1.66. The molecule has 0 spiro atoms. The average Bonchev–Trinajstić information content (AvgIpc) is 3.01. The molecule has 4 nitrogen and oxygen atoms in total. The van der Waals surface area contributed by atoms with Crippen LogP contribution < -0.4 is 5.43 Å². The summed E-state index contributed by atoms with van der Waals surface area (Å²) in [6.45, 7) is 6.26. The zero-order valence-corrected chi connectivity index (χ0v) is 14.0. The molecule has 0 aliphatic heterocycles. The van der Waals surface area contributed by atoms with E-state index in [9.17, 15) is 4.79 Å². The van der Waals surface area contributed by atoms with Gasteiger partial charge in [0.2, 0.25) is 0 Å². The summed E-state index contributed by atoms with van der Waals surface area (Å²) >= 11 is 1.61. The summed E-state index contributed by atoms with van der Waals surface area (Å²) < 4.78 is 0. The van der Waals surface area contributed by atoms with Crippen molar-refractivity contribution >= 4 is 23.5 Å². The number of hydrogen-bond donors (Lipinski definition) is 2. The summed E-state index contributed by atoms with van der Waals surface area (Å²) in [4.78, 5) is 17.5. The molecule has 2 aromatic heterocycles. The number of fused-ring (bicyclic) bond motifs is 1. The van der Waals surface area contributed by atoms with E-state index in [4.69, 9.17) is 0 Å². The van der Waals surface area contributed by atoms with Crippen LogP contribution in [0.5, 0.6) is 0 Å². The molecule has 0 bridgehead atoms. The van der Waals surface area contributed by atoms with Crippen molar-refractivity contribution in [1.82, 2.24) is 10.4 Å². The molecule has 116 valence electrons. The number of H-pyrrole nitrogens is 1. The third-order valence-electron chi connectivity index (χ3n) is 4.11. The van der Waals surface area contributed by atoms with Gasteiger partial charge in [0, 0.05) is 21.8 Å². The second-order valence-corrected chi connectivity index (χ2v) is 7.28. The van der Waals surface area contributed by atoms with Crippen molar-refractivity contribution < 1.29 is 4.79 Å². The Kier molecular flexibility index (Phi) is 4.16. The van der Waals surface area contributed by atoms with Crippen LogP contribution in [0.4, 0.5) is 0 Å².